The van der Waals surface area contributed by atoms with Crippen molar-refractivity contribution in [3.8, 4) is 0 Å². The molecule has 0 spiro atoms. The summed E-state index contributed by atoms with van der Waals surface area (Å²) in [6, 6.07) is 5.69. The average Bonchev–Trinajstić information content (AvgIpc) is 2.13. The summed E-state index contributed by atoms with van der Waals surface area (Å²) < 4.78 is 0.908. The number of carbonyl (C=O) groups is 1. The maximum Gasteiger partial charge on any atom is 0.247 e. The van der Waals surface area contributed by atoms with Gasteiger partial charge >= 0.3 is 0 Å². The van der Waals surface area contributed by atoms with Gasteiger partial charge in [0.2, 0.25) is 5.91 Å². The van der Waals surface area contributed by atoms with E-state index in [-0.39, 0.29) is 5.91 Å². The Hall–Kier alpha value is -1.09. The quantitative estimate of drug-likeness (QED) is 0.791. The van der Waals surface area contributed by atoms with Crippen molar-refractivity contribution in [2.75, 3.05) is 5.32 Å². The van der Waals surface area contributed by atoms with Crippen LogP contribution in [0.15, 0.2) is 35.3 Å². The number of hydrogen-bond donors (Lipinski definition) is 1. The molecule has 1 aromatic carbocycles. The molecule has 68 valence electrons. The second-order valence-electron chi connectivity index (χ2n) is 2.63. The third kappa shape index (κ3) is 2.42. The number of carbonyl (C=O) groups excluding carboxylic acids is 1. The van der Waals surface area contributed by atoms with E-state index in [1.165, 1.54) is 6.08 Å². The van der Waals surface area contributed by atoms with Crippen LogP contribution in [0.1, 0.15) is 5.56 Å². The van der Waals surface area contributed by atoms with E-state index in [1.54, 1.807) is 0 Å². The van der Waals surface area contributed by atoms with Crippen LogP contribution in [-0.2, 0) is 4.79 Å². The minimum absolute atomic E-state index is 0.202. The Morgan fingerprint density at radius 3 is 2.92 bits per heavy atom. The number of benzene rings is 1. The van der Waals surface area contributed by atoms with Crippen molar-refractivity contribution in [3.63, 3.8) is 0 Å². The Morgan fingerprint density at radius 2 is 2.31 bits per heavy atom. The van der Waals surface area contributed by atoms with Crippen molar-refractivity contribution >= 4 is 27.5 Å². The summed E-state index contributed by atoms with van der Waals surface area (Å²) in [6.07, 6.45) is 1.24. The lowest BCUT2D eigenvalue weighted by Gasteiger charge is -2.06. The van der Waals surface area contributed by atoms with Gasteiger partial charge < -0.3 is 5.32 Å². The number of amides is 1. The van der Waals surface area contributed by atoms with Gasteiger partial charge in [-0.2, -0.15) is 0 Å². The van der Waals surface area contributed by atoms with Crippen LogP contribution in [0.25, 0.3) is 0 Å². The lowest BCUT2D eigenvalue weighted by atomic mass is 10.2. The van der Waals surface area contributed by atoms with Crippen molar-refractivity contribution in [1.82, 2.24) is 0 Å². The molecule has 1 rings (SSSR count). The van der Waals surface area contributed by atoms with Crippen LogP contribution >= 0.6 is 15.9 Å². The highest BCUT2D eigenvalue weighted by Gasteiger charge is 2.03. The highest BCUT2D eigenvalue weighted by atomic mass is 79.9. The van der Waals surface area contributed by atoms with E-state index in [0.29, 0.717) is 0 Å². The summed E-state index contributed by atoms with van der Waals surface area (Å²) in [4.78, 5) is 11.0. The standard InChI is InChI=1S/C10H10BrNO/c1-3-9(13)12-8-6-4-5-7(2)10(8)11/h3-6H,1H2,2H3,(H,12,13). The van der Waals surface area contributed by atoms with Gasteiger partial charge in [0.05, 0.1) is 5.69 Å². The molecule has 0 fully saturated rings. The highest BCUT2D eigenvalue weighted by Crippen LogP contribution is 2.25. The molecular formula is C10H10BrNO. The van der Waals surface area contributed by atoms with E-state index in [0.717, 1.165) is 15.7 Å². The molecule has 3 heteroatoms. The minimum atomic E-state index is -0.202. The first-order valence-corrected chi connectivity index (χ1v) is 4.63. The van der Waals surface area contributed by atoms with Crippen LogP contribution in [0.5, 0.6) is 0 Å². The van der Waals surface area contributed by atoms with Gasteiger partial charge in [-0.3, -0.25) is 4.79 Å². The van der Waals surface area contributed by atoms with Gasteiger partial charge in [-0.15, -0.1) is 0 Å². The van der Waals surface area contributed by atoms with Crippen LogP contribution in [0.4, 0.5) is 5.69 Å². The monoisotopic (exact) mass is 239 g/mol. The molecule has 0 atom stereocenters. The average molecular weight is 240 g/mol. The van der Waals surface area contributed by atoms with E-state index >= 15 is 0 Å². The van der Waals surface area contributed by atoms with E-state index in [4.69, 9.17) is 0 Å². The van der Waals surface area contributed by atoms with Gasteiger partial charge in [0.1, 0.15) is 0 Å². The normalized spacial score (nSPS) is 9.38. The molecule has 1 amide bonds. The van der Waals surface area contributed by atoms with Crippen molar-refractivity contribution in [2.24, 2.45) is 0 Å². The predicted octanol–water partition coefficient (Wildman–Crippen LogP) is 2.88. The number of anilines is 1. The van der Waals surface area contributed by atoms with Gasteiger partial charge in [-0.25, -0.2) is 0 Å². The molecule has 0 radical (unpaired) electrons. The topological polar surface area (TPSA) is 29.1 Å². The van der Waals surface area contributed by atoms with Crippen molar-refractivity contribution < 1.29 is 4.79 Å². The molecule has 0 aromatic heterocycles. The molecule has 0 aliphatic carbocycles. The largest absolute Gasteiger partial charge is 0.321 e. The molecule has 13 heavy (non-hydrogen) atoms. The molecule has 0 saturated carbocycles. The van der Waals surface area contributed by atoms with Crippen molar-refractivity contribution in [2.45, 2.75) is 6.92 Å². The molecule has 0 aliphatic heterocycles. The fourth-order valence-electron chi connectivity index (χ4n) is 0.928. The molecule has 0 heterocycles. The summed E-state index contributed by atoms with van der Waals surface area (Å²) in [7, 11) is 0. The first-order chi connectivity index (χ1) is 6.15. The maximum atomic E-state index is 11.0. The fourth-order valence-corrected chi connectivity index (χ4v) is 1.29. The van der Waals surface area contributed by atoms with Crippen LogP contribution < -0.4 is 5.32 Å². The Bertz CT molecular complexity index is 347. The van der Waals surface area contributed by atoms with Crippen LogP contribution in [-0.4, -0.2) is 5.91 Å². The number of rotatable bonds is 2. The summed E-state index contributed by atoms with van der Waals surface area (Å²) >= 11 is 3.39. The molecule has 1 N–H and O–H groups in total. The number of halogens is 1. The van der Waals surface area contributed by atoms with Crippen molar-refractivity contribution in [3.05, 3.63) is 40.9 Å². The minimum Gasteiger partial charge on any atom is -0.321 e. The molecule has 0 aliphatic rings. The lowest BCUT2D eigenvalue weighted by Crippen LogP contribution is -2.07. The molecule has 0 saturated heterocycles. The second kappa shape index (κ2) is 4.23. The van der Waals surface area contributed by atoms with Gasteiger partial charge in [0.25, 0.3) is 0 Å². The molecule has 0 bridgehead atoms. The zero-order valence-corrected chi connectivity index (χ0v) is 8.89. The van der Waals surface area contributed by atoms with Gasteiger partial charge in [-0.1, -0.05) is 18.7 Å². The number of aryl methyl sites for hydroxylation is 1. The first-order valence-electron chi connectivity index (χ1n) is 3.83. The number of hydrogen-bond acceptors (Lipinski definition) is 1. The van der Waals surface area contributed by atoms with E-state index in [9.17, 15) is 4.79 Å². The van der Waals surface area contributed by atoms with E-state index < -0.39 is 0 Å². The Balaban J connectivity index is 2.95. The Morgan fingerprint density at radius 1 is 1.62 bits per heavy atom. The predicted molar refractivity (Wildman–Crippen MR) is 57.7 cm³/mol. The van der Waals surface area contributed by atoms with Crippen molar-refractivity contribution in [1.29, 1.82) is 0 Å². The Kier molecular flexibility index (Phi) is 3.25. The summed E-state index contributed by atoms with van der Waals surface area (Å²) in [5.74, 6) is -0.202. The zero-order valence-electron chi connectivity index (χ0n) is 7.30. The molecule has 0 unspecified atom stereocenters. The van der Waals surface area contributed by atoms with Gasteiger partial charge in [-0.05, 0) is 40.6 Å². The third-order valence-corrected chi connectivity index (χ3v) is 2.69. The highest BCUT2D eigenvalue weighted by molar-refractivity contribution is 9.10. The maximum absolute atomic E-state index is 11.0. The summed E-state index contributed by atoms with van der Waals surface area (Å²) in [6.45, 7) is 5.35. The zero-order chi connectivity index (χ0) is 9.84. The summed E-state index contributed by atoms with van der Waals surface area (Å²) in [5.41, 5.74) is 1.85. The smallest absolute Gasteiger partial charge is 0.247 e. The van der Waals surface area contributed by atoms with E-state index in [2.05, 4.69) is 27.8 Å². The third-order valence-electron chi connectivity index (χ3n) is 1.64. The molecular weight excluding hydrogens is 230 g/mol. The van der Waals surface area contributed by atoms with Gasteiger partial charge in [0, 0.05) is 4.47 Å². The van der Waals surface area contributed by atoms with Crippen LogP contribution in [0.2, 0.25) is 0 Å². The SMILES string of the molecule is C=CC(=O)Nc1cccc(C)c1Br. The Labute approximate surface area is 85.8 Å². The van der Waals surface area contributed by atoms with Crippen LogP contribution in [0, 0.1) is 6.92 Å². The lowest BCUT2D eigenvalue weighted by molar-refractivity contribution is -0.111. The second-order valence-corrected chi connectivity index (χ2v) is 3.42. The van der Waals surface area contributed by atoms with Gasteiger partial charge in [0.15, 0.2) is 0 Å². The summed E-state index contributed by atoms with van der Waals surface area (Å²) in [5, 5.41) is 2.70. The van der Waals surface area contributed by atoms with Crippen LogP contribution in [0.3, 0.4) is 0 Å². The number of nitrogens with one attached hydrogen (secondary N) is 1. The molecule has 2 nitrogen and oxygen atoms in total. The fraction of sp³-hybridized carbons (Fsp3) is 0.100. The molecule has 1 aromatic rings. The van der Waals surface area contributed by atoms with E-state index in [1.807, 2.05) is 25.1 Å². The first kappa shape index (κ1) is 9.99.